The van der Waals surface area contributed by atoms with Gasteiger partial charge in [-0.25, -0.2) is 0 Å². The van der Waals surface area contributed by atoms with E-state index in [1.165, 1.54) is 18.4 Å². The molecule has 29 heavy (non-hydrogen) atoms. The van der Waals surface area contributed by atoms with Crippen molar-refractivity contribution in [1.29, 1.82) is 0 Å². The summed E-state index contributed by atoms with van der Waals surface area (Å²) in [7, 11) is 3.71. The smallest absolute Gasteiger partial charge is 0.165 e. The van der Waals surface area contributed by atoms with E-state index in [9.17, 15) is 4.79 Å². The van der Waals surface area contributed by atoms with Crippen LogP contribution in [0.5, 0.6) is 5.75 Å². The van der Waals surface area contributed by atoms with Crippen molar-refractivity contribution in [3.05, 3.63) is 65.9 Å². The average Bonchev–Trinajstić information content (AvgIpc) is 3.10. The number of ether oxygens (including phenoxy) is 1. The zero-order valence-electron chi connectivity index (χ0n) is 17.4. The van der Waals surface area contributed by atoms with Crippen LogP contribution in [-0.4, -0.2) is 35.4 Å². The minimum absolute atomic E-state index is 0.280. The number of methoxy groups -OCH3 is 1. The molecule has 0 bridgehead atoms. The van der Waals surface area contributed by atoms with E-state index in [-0.39, 0.29) is 5.78 Å². The van der Waals surface area contributed by atoms with E-state index < -0.39 is 0 Å². The fourth-order valence-electron chi connectivity index (χ4n) is 4.46. The van der Waals surface area contributed by atoms with Gasteiger partial charge in [0.15, 0.2) is 5.78 Å². The van der Waals surface area contributed by atoms with E-state index in [2.05, 4.69) is 33.7 Å². The summed E-state index contributed by atoms with van der Waals surface area (Å²) in [6.45, 7) is 3.21. The predicted molar refractivity (Wildman–Crippen MR) is 117 cm³/mol. The number of carbonyl (C=O) groups excluding carboxylic acids is 1. The van der Waals surface area contributed by atoms with Gasteiger partial charge in [0.25, 0.3) is 0 Å². The fraction of sp³-hybridized carbons (Fsp3) is 0.400. The monoisotopic (exact) mass is 390 g/mol. The van der Waals surface area contributed by atoms with Crippen LogP contribution in [0.1, 0.15) is 41.6 Å². The SMILES string of the molecule is COc1ccc(CN2CCC(CCC(=O)c3cn(C)c4ccccc34)CC2)cc1. The van der Waals surface area contributed by atoms with Crippen LogP contribution in [0, 0.1) is 5.92 Å². The number of likely N-dealkylation sites (tertiary alicyclic amines) is 1. The first-order valence-electron chi connectivity index (χ1n) is 10.6. The molecule has 1 saturated heterocycles. The van der Waals surface area contributed by atoms with Crippen molar-refractivity contribution in [2.75, 3.05) is 20.2 Å². The molecule has 1 aliphatic rings. The second-order valence-corrected chi connectivity index (χ2v) is 8.20. The van der Waals surface area contributed by atoms with Crippen molar-refractivity contribution in [2.24, 2.45) is 13.0 Å². The highest BCUT2D eigenvalue weighted by molar-refractivity contribution is 6.08. The molecule has 0 radical (unpaired) electrons. The molecule has 1 fully saturated rings. The number of aryl methyl sites for hydroxylation is 1. The Kier molecular flexibility index (Phi) is 6.00. The lowest BCUT2D eigenvalue weighted by molar-refractivity contribution is 0.0963. The van der Waals surface area contributed by atoms with Gasteiger partial charge in [0.05, 0.1) is 7.11 Å². The highest BCUT2D eigenvalue weighted by Gasteiger charge is 2.21. The molecular weight excluding hydrogens is 360 g/mol. The van der Waals surface area contributed by atoms with Crippen LogP contribution in [0.2, 0.25) is 0 Å². The minimum Gasteiger partial charge on any atom is -0.497 e. The number of rotatable bonds is 7. The third-order valence-corrected chi connectivity index (χ3v) is 6.25. The van der Waals surface area contributed by atoms with Crippen LogP contribution in [-0.2, 0) is 13.6 Å². The van der Waals surface area contributed by atoms with Crippen molar-refractivity contribution < 1.29 is 9.53 Å². The van der Waals surface area contributed by atoms with Crippen LogP contribution in [0.4, 0.5) is 0 Å². The summed E-state index contributed by atoms with van der Waals surface area (Å²) in [4.78, 5) is 15.4. The summed E-state index contributed by atoms with van der Waals surface area (Å²) >= 11 is 0. The van der Waals surface area contributed by atoms with Crippen LogP contribution in [0.15, 0.2) is 54.7 Å². The van der Waals surface area contributed by atoms with Crippen molar-refractivity contribution >= 4 is 16.7 Å². The number of hydrogen-bond donors (Lipinski definition) is 0. The zero-order valence-corrected chi connectivity index (χ0v) is 17.4. The third kappa shape index (κ3) is 4.54. The molecule has 4 rings (SSSR count). The Morgan fingerprint density at radius 2 is 1.79 bits per heavy atom. The number of carbonyl (C=O) groups is 1. The second-order valence-electron chi connectivity index (χ2n) is 8.20. The molecule has 0 spiro atoms. The Bertz CT molecular complexity index is 966. The molecule has 0 aliphatic carbocycles. The van der Waals surface area contributed by atoms with Gasteiger partial charge in [0.1, 0.15) is 5.75 Å². The maximum absolute atomic E-state index is 12.8. The van der Waals surface area contributed by atoms with E-state index in [4.69, 9.17) is 4.74 Å². The standard InChI is InChI=1S/C25H30N2O2/c1-26-18-23(22-5-3-4-6-24(22)26)25(28)12-9-19-13-15-27(16-14-19)17-20-7-10-21(29-2)11-8-20/h3-8,10-11,18-19H,9,12-17H2,1-2H3. The summed E-state index contributed by atoms with van der Waals surface area (Å²) in [5.74, 6) is 1.84. The van der Waals surface area contributed by atoms with Gasteiger partial charge in [-0.2, -0.15) is 0 Å². The van der Waals surface area contributed by atoms with Crippen LogP contribution >= 0.6 is 0 Å². The third-order valence-electron chi connectivity index (χ3n) is 6.25. The first-order chi connectivity index (χ1) is 14.1. The Labute approximate surface area is 173 Å². The molecule has 3 aromatic rings. The molecule has 2 aromatic carbocycles. The number of aromatic nitrogens is 1. The Hall–Kier alpha value is -2.59. The number of Topliss-reactive ketones (excluding diaryl/α,β-unsaturated/α-hetero) is 1. The molecule has 0 saturated carbocycles. The Morgan fingerprint density at radius 1 is 1.07 bits per heavy atom. The van der Waals surface area contributed by atoms with Crippen molar-refractivity contribution in [3.8, 4) is 5.75 Å². The number of hydrogen-bond acceptors (Lipinski definition) is 3. The molecule has 4 nitrogen and oxygen atoms in total. The molecule has 2 heterocycles. The van der Waals surface area contributed by atoms with Gasteiger partial charge in [-0.3, -0.25) is 9.69 Å². The van der Waals surface area contributed by atoms with Crippen LogP contribution in [0.3, 0.4) is 0 Å². The number of piperidine rings is 1. The van der Waals surface area contributed by atoms with Gasteiger partial charge < -0.3 is 9.30 Å². The number of fused-ring (bicyclic) bond motifs is 1. The summed E-state index contributed by atoms with van der Waals surface area (Å²) in [5, 5.41) is 1.08. The molecule has 152 valence electrons. The Balaban J connectivity index is 1.26. The molecule has 0 amide bonds. The van der Waals surface area contributed by atoms with Gasteiger partial charge in [-0.15, -0.1) is 0 Å². The lowest BCUT2D eigenvalue weighted by Gasteiger charge is -2.32. The van der Waals surface area contributed by atoms with E-state index >= 15 is 0 Å². The van der Waals surface area contributed by atoms with Crippen molar-refractivity contribution in [1.82, 2.24) is 9.47 Å². The normalized spacial score (nSPS) is 15.7. The number of nitrogens with zero attached hydrogens (tertiary/aromatic N) is 2. The molecule has 4 heteroatoms. The molecule has 0 N–H and O–H groups in total. The molecule has 1 aromatic heterocycles. The van der Waals surface area contributed by atoms with Gasteiger partial charge in [-0.05, 0) is 62.0 Å². The van der Waals surface area contributed by atoms with Crippen LogP contribution < -0.4 is 4.74 Å². The van der Waals surface area contributed by atoms with E-state index in [0.29, 0.717) is 12.3 Å². The maximum atomic E-state index is 12.8. The number of para-hydroxylation sites is 1. The van der Waals surface area contributed by atoms with Gasteiger partial charge in [0, 0.05) is 42.7 Å². The number of ketones is 1. The molecule has 0 unspecified atom stereocenters. The fourth-order valence-corrected chi connectivity index (χ4v) is 4.46. The minimum atomic E-state index is 0.280. The topological polar surface area (TPSA) is 34.5 Å². The maximum Gasteiger partial charge on any atom is 0.165 e. The van der Waals surface area contributed by atoms with Crippen LogP contribution in [0.25, 0.3) is 10.9 Å². The molecule has 0 atom stereocenters. The quantitative estimate of drug-likeness (QED) is 0.529. The summed E-state index contributed by atoms with van der Waals surface area (Å²) < 4.78 is 7.29. The lowest BCUT2D eigenvalue weighted by atomic mass is 9.90. The van der Waals surface area contributed by atoms with Gasteiger partial charge >= 0.3 is 0 Å². The molecule has 1 aliphatic heterocycles. The van der Waals surface area contributed by atoms with E-state index in [1.807, 2.05) is 37.5 Å². The predicted octanol–water partition coefficient (Wildman–Crippen LogP) is 5.06. The average molecular weight is 391 g/mol. The summed E-state index contributed by atoms with van der Waals surface area (Å²) in [6, 6.07) is 16.5. The zero-order chi connectivity index (χ0) is 20.2. The Morgan fingerprint density at radius 3 is 2.52 bits per heavy atom. The van der Waals surface area contributed by atoms with Crippen molar-refractivity contribution in [2.45, 2.75) is 32.2 Å². The van der Waals surface area contributed by atoms with Gasteiger partial charge in [0.2, 0.25) is 0 Å². The molecular formula is C25H30N2O2. The van der Waals surface area contributed by atoms with E-state index in [1.54, 1.807) is 7.11 Å². The number of benzene rings is 2. The second kappa shape index (κ2) is 8.83. The van der Waals surface area contributed by atoms with E-state index in [0.717, 1.165) is 48.3 Å². The lowest BCUT2D eigenvalue weighted by Crippen LogP contribution is -2.33. The van der Waals surface area contributed by atoms with Gasteiger partial charge in [-0.1, -0.05) is 30.3 Å². The first-order valence-corrected chi connectivity index (χ1v) is 10.6. The summed E-state index contributed by atoms with van der Waals surface area (Å²) in [6.07, 6.45) is 6.00. The highest BCUT2D eigenvalue weighted by atomic mass is 16.5. The van der Waals surface area contributed by atoms with Crippen molar-refractivity contribution in [3.63, 3.8) is 0 Å². The first kappa shape index (κ1) is 19.7. The summed E-state index contributed by atoms with van der Waals surface area (Å²) in [5.41, 5.74) is 3.33. The highest BCUT2D eigenvalue weighted by Crippen LogP contribution is 2.26. The largest absolute Gasteiger partial charge is 0.497 e.